The van der Waals surface area contributed by atoms with Crippen molar-refractivity contribution in [2.75, 3.05) is 0 Å². The maximum absolute atomic E-state index is 5.43. The zero-order valence-electron chi connectivity index (χ0n) is 36.4. The number of nitrogens with zero attached hydrogens (tertiary/aromatic N) is 3. The predicted octanol–water partition coefficient (Wildman–Crippen LogP) is 16.0. The summed E-state index contributed by atoms with van der Waals surface area (Å²) in [5.41, 5.74) is 17.1. The summed E-state index contributed by atoms with van der Waals surface area (Å²) in [5, 5.41) is 7.43. The molecule has 0 fully saturated rings. The molecule has 0 saturated heterocycles. The van der Waals surface area contributed by atoms with Crippen LogP contribution in [0.15, 0.2) is 237 Å². The summed E-state index contributed by atoms with van der Waals surface area (Å²) < 4.78 is 0. The van der Waals surface area contributed by atoms with Crippen molar-refractivity contribution in [1.82, 2.24) is 15.0 Å². The zero-order valence-corrected chi connectivity index (χ0v) is 36.4. The molecule has 3 nitrogen and oxygen atoms in total. The highest BCUT2D eigenvalue weighted by molar-refractivity contribution is 6.20. The van der Waals surface area contributed by atoms with E-state index in [1.54, 1.807) is 0 Å². The monoisotopic (exact) mass is 849 g/mol. The van der Waals surface area contributed by atoms with Crippen LogP contribution in [0.5, 0.6) is 0 Å². The van der Waals surface area contributed by atoms with E-state index in [0.29, 0.717) is 17.5 Å². The SMILES string of the molecule is c1ccc(-c2ccc(-c3nc(-c4ccc(-c5c6ccccc6cc6c5ccc5ccccc56)cc4)nc(-c4cccc5c4-c4ccccc4C54c5ccccc5-c5ccccc54)n3)cc2)cc1. The fourth-order valence-corrected chi connectivity index (χ4v) is 11.4. The van der Waals surface area contributed by atoms with E-state index in [0.717, 1.165) is 33.4 Å². The van der Waals surface area contributed by atoms with Gasteiger partial charge in [0, 0.05) is 16.7 Å². The minimum absolute atomic E-state index is 0.477. The van der Waals surface area contributed by atoms with Crippen LogP contribution in [0.1, 0.15) is 22.3 Å². The molecule has 0 bridgehead atoms. The van der Waals surface area contributed by atoms with Gasteiger partial charge < -0.3 is 0 Å². The Morgan fingerprint density at radius 1 is 0.239 bits per heavy atom. The lowest BCUT2D eigenvalue weighted by molar-refractivity contribution is 0.794. The van der Waals surface area contributed by atoms with Crippen LogP contribution in [0.2, 0.25) is 0 Å². The highest BCUT2D eigenvalue weighted by Crippen LogP contribution is 2.63. The lowest BCUT2D eigenvalue weighted by Gasteiger charge is -2.30. The van der Waals surface area contributed by atoms with E-state index in [1.807, 2.05) is 0 Å². The first-order chi connectivity index (χ1) is 33.2. The fourth-order valence-electron chi connectivity index (χ4n) is 11.4. The molecule has 1 heterocycles. The van der Waals surface area contributed by atoms with Gasteiger partial charge in [0.15, 0.2) is 17.5 Å². The molecule has 0 amide bonds. The van der Waals surface area contributed by atoms with E-state index in [4.69, 9.17) is 15.0 Å². The molecule has 1 spiro atoms. The van der Waals surface area contributed by atoms with Crippen molar-refractivity contribution in [3.63, 3.8) is 0 Å². The highest BCUT2D eigenvalue weighted by Gasteiger charge is 2.52. The average Bonchev–Trinajstić information content (AvgIpc) is 3.88. The summed E-state index contributed by atoms with van der Waals surface area (Å²) >= 11 is 0. The quantitative estimate of drug-likeness (QED) is 0.128. The van der Waals surface area contributed by atoms with Crippen molar-refractivity contribution >= 4 is 32.3 Å². The highest BCUT2D eigenvalue weighted by atomic mass is 15.0. The summed E-state index contributed by atoms with van der Waals surface area (Å²) in [6.07, 6.45) is 0. The first kappa shape index (κ1) is 37.6. The van der Waals surface area contributed by atoms with Gasteiger partial charge >= 0.3 is 0 Å². The van der Waals surface area contributed by atoms with E-state index in [9.17, 15) is 0 Å². The van der Waals surface area contributed by atoms with Gasteiger partial charge in [0.25, 0.3) is 0 Å². The lowest BCUT2D eigenvalue weighted by atomic mass is 9.70. The third-order valence-corrected chi connectivity index (χ3v) is 14.3. The van der Waals surface area contributed by atoms with Crippen LogP contribution >= 0.6 is 0 Å². The van der Waals surface area contributed by atoms with Gasteiger partial charge in [0.2, 0.25) is 0 Å². The van der Waals surface area contributed by atoms with Gasteiger partial charge in [0.05, 0.1) is 5.41 Å². The van der Waals surface area contributed by atoms with Crippen molar-refractivity contribution in [2.45, 2.75) is 5.41 Å². The molecule has 0 saturated carbocycles. The largest absolute Gasteiger partial charge is 0.208 e. The second kappa shape index (κ2) is 14.6. The van der Waals surface area contributed by atoms with Gasteiger partial charge in [-0.25, -0.2) is 15.0 Å². The number of hydrogen-bond acceptors (Lipinski definition) is 3. The molecular weight excluding hydrogens is 811 g/mol. The number of rotatable bonds is 5. The molecule has 0 unspecified atom stereocenters. The maximum Gasteiger partial charge on any atom is 0.164 e. The van der Waals surface area contributed by atoms with Crippen molar-refractivity contribution in [3.05, 3.63) is 259 Å². The number of hydrogen-bond donors (Lipinski definition) is 0. The Kier molecular flexibility index (Phi) is 8.20. The Labute approximate surface area is 388 Å². The van der Waals surface area contributed by atoms with Crippen molar-refractivity contribution in [1.29, 1.82) is 0 Å². The van der Waals surface area contributed by atoms with Crippen LogP contribution in [-0.2, 0) is 5.41 Å². The summed E-state index contributed by atoms with van der Waals surface area (Å²) in [6.45, 7) is 0. The lowest BCUT2D eigenvalue weighted by Crippen LogP contribution is -2.25. The van der Waals surface area contributed by atoms with Gasteiger partial charge in [0.1, 0.15) is 0 Å². The Bertz CT molecular complexity index is 3920. The smallest absolute Gasteiger partial charge is 0.164 e. The fraction of sp³-hybridized carbons (Fsp3) is 0.0156. The molecule has 0 radical (unpaired) electrons. The average molecular weight is 850 g/mol. The molecule has 12 aromatic rings. The van der Waals surface area contributed by atoms with E-state index in [1.165, 1.54) is 82.4 Å². The molecule has 1 aromatic heterocycles. The van der Waals surface area contributed by atoms with E-state index >= 15 is 0 Å². The second-order valence-electron chi connectivity index (χ2n) is 17.8. The molecule has 0 aliphatic heterocycles. The topological polar surface area (TPSA) is 38.7 Å². The van der Waals surface area contributed by atoms with Gasteiger partial charge in [-0.2, -0.15) is 0 Å². The summed E-state index contributed by atoms with van der Waals surface area (Å²) in [5.74, 6) is 1.90. The minimum Gasteiger partial charge on any atom is -0.208 e. The van der Waals surface area contributed by atoms with Gasteiger partial charge in [-0.15, -0.1) is 0 Å². The van der Waals surface area contributed by atoms with Crippen LogP contribution < -0.4 is 0 Å². The summed E-state index contributed by atoms with van der Waals surface area (Å²) in [6, 6.07) is 85.7. The Balaban J connectivity index is 0.968. The Hall–Kier alpha value is -8.79. The molecule has 0 atom stereocenters. The van der Waals surface area contributed by atoms with Gasteiger partial charge in [-0.05, 0) is 105 Å². The Morgan fingerprint density at radius 3 is 1.40 bits per heavy atom. The normalized spacial score (nSPS) is 12.9. The standard InChI is InChI=1S/C64H39N3/c1-2-15-40(16-3-1)41-29-33-44(34-30-41)61-65-62(45-35-31-43(32-36-45)59-48-20-7-5-18-46(48)39-54-47-19-6-4-17-42(47)37-38-51(54)59)67-63(66-61)53-24-14-28-58-60(53)52-23-10-13-27-57(52)64(58)55-25-11-8-21-49(55)50-22-9-12-26-56(50)64/h1-39H. The molecule has 2 aliphatic rings. The molecular formula is C64H39N3. The molecule has 0 N–H and O–H groups in total. The minimum atomic E-state index is -0.477. The van der Waals surface area contributed by atoms with Crippen molar-refractivity contribution < 1.29 is 0 Å². The number of fused-ring (bicyclic) bond motifs is 14. The van der Waals surface area contributed by atoms with Gasteiger partial charge in [-0.3, -0.25) is 0 Å². The maximum atomic E-state index is 5.43. The first-order valence-electron chi connectivity index (χ1n) is 23.0. The van der Waals surface area contributed by atoms with Crippen LogP contribution in [-0.4, -0.2) is 15.0 Å². The Morgan fingerprint density at radius 2 is 0.716 bits per heavy atom. The van der Waals surface area contributed by atoms with E-state index in [2.05, 4.69) is 237 Å². The molecule has 67 heavy (non-hydrogen) atoms. The number of benzene rings is 11. The van der Waals surface area contributed by atoms with E-state index < -0.39 is 5.41 Å². The van der Waals surface area contributed by atoms with Crippen LogP contribution in [0.3, 0.4) is 0 Å². The summed E-state index contributed by atoms with van der Waals surface area (Å²) in [4.78, 5) is 16.1. The molecule has 14 rings (SSSR count). The van der Waals surface area contributed by atoms with Crippen LogP contribution in [0, 0.1) is 0 Å². The molecule has 310 valence electrons. The van der Waals surface area contributed by atoms with Gasteiger partial charge in [-0.1, -0.05) is 231 Å². The predicted molar refractivity (Wildman–Crippen MR) is 276 cm³/mol. The number of aromatic nitrogens is 3. The van der Waals surface area contributed by atoms with Crippen LogP contribution in [0.4, 0.5) is 0 Å². The third kappa shape index (κ3) is 5.55. The first-order valence-corrected chi connectivity index (χ1v) is 23.0. The molecule has 11 aromatic carbocycles. The van der Waals surface area contributed by atoms with E-state index in [-0.39, 0.29) is 0 Å². The van der Waals surface area contributed by atoms with Crippen LogP contribution in [0.25, 0.3) is 111 Å². The molecule has 3 heteroatoms. The summed E-state index contributed by atoms with van der Waals surface area (Å²) in [7, 11) is 0. The third-order valence-electron chi connectivity index (χ3n) is 14.3. The zero-order chi connectivity index (χ0) is 44.1. The second-order valence-corrected chi connectivity index (χ2v) is 17.8. The van der Waals surface area contributed by atoms with Crippen molar-refractivity contribution in [3.8, 4) is 78.7 Å². The van der Waals surface area contributed by atoms with Crippen molar-refractivity contribution in [2.24, 2.45) is 0 Å². The molecule has 2 aliphatic carbocycles.